The molecule has 1 aliphatic carbocycles. The minimum atomic E-state index is -0.542. The molecule has 0 bridgehead atoms. The van der Waals surface area contributed by atoms with Crippen LogP contribution in [0.1, 0.15) is 42.2 Å². The van der Waals surface area contributed by atoms with E-state index < -0.39 is 11.3 Å². The number of hydrogen-bond donors (Lipinski definition) is 0. The first-order valence-electron chi connectivity index (χ1n) is 6.59. The molecule has 7 heteroatoms. The molecule has 1 unspecified atom stereocenters. The third-order valence-electron chi connectivity index (χ3n) is 2.95. The Bertz CT molecular complexity index is 500. The van der Waals surface area contributed by atoms with E-state index in [0.29, 0.717) is 18.8 Å². The number of halogens is 1. The molecule has 0 aliphatic heterocycles. The van der Waals surface area contributed by atoms with Crippen LogP contribution in [0.2, 0.25) is 0 Å². The van der Waals surface area contributed by atoms with Crippen molar-refractivity contribution in [2.75, 3.05) is 6.61 Å². The zero-order valence-corrected chi connectivity index (χ0v) is 13.0. The molecule has 20 heavy (non-hydrogen) atoms. The minimum Gasteiger partial charge on any atom is -0.461 e. The summed E-state index contributed by atoms with van der Waals surface area (Å²) in [6.07, 6.45) is 2.01. The molecule has 0 N–H and O–H groups in total. The fourth-order valence-corrected chi connectivity index (χ4v) is 2.72. The van der Waals surface area contributed by atoms with Crippen molar-refractivity contribution >= 4 is 34.8 Å². The summed E-state index contributed by atoms with van der Waals surface area (Å²) in [7, 11) is 0. The van der Waals surface area contributed by atoms with Crippen molar-refractivity contribution in [3.63, 3.8) is 0 Å². The Hall–Kier alpha value is -1.14. The summed E-state index contributed by atoms with van der Waals surface area (Å²) in [5, 5.41) is 1.85. The normalized spacial score (nSPS) is 15.8. The number of rotatable bonds is 6. The van der Waals surface area contributed by atoms with Crippen LogP contribution in [-0.4, -0.2) is 39.8 Å². The van der Waals surface area contributed by atoms with E-state index in [4.69, 9.17) is 16.3 Å². The first-order valence-corrected chi connectivity index (χ1v) is 7.90. The maximum Gasteiger partial charge on any atom is 0.357 e. The van der Waals surface area contributed by atoms with Crippen LogP contribution in [0.3, 0.4) is 0 Å². The second kappa shape index (κ2) is 6.54. The first kappa shape index (κ1) is 15.3. The van der Waals surface area contributed by atoms with Gasteiger partial charge in [-0.25, -0.2) is 9.78 Å². The van der Waals surface area contributed by atoms with Gasteiger partial charge in [0.05, 0.1) is 13.2 Å². The number of aromatic nitrogens is 1. The first-order chi connectivity index (χ1) is 9.52. The monoisotopic (exact) mass is 316 g/mol. The molecule has 0 aromatic carbocycles. The number of thiazole rings is 1. The van der Waals surface area contributed by atoms with Gasteiger partial charge in [0.1, 0.15) is 10.4 Å². The SMILES string of the molecule is CCOC(=O)c1csc(CN(C(=O)C(C)Cl)C2CC2)n1. The highest BCUT2D eigenvalue weighted by atomic mass is 35.5. The molecule has 0 radical (unpaired) electrons. The van der Waals surface area contributed by atoms with Crippen LogP contribution in [0.25, 0.3) is 0 Å². The third kappa shape index (κ3) is 3.70. The van der Waals surface area contributed by atoms with Crippen LogP contribution in [0.5, 0.6) is 0 Å². The molecular formula is C13H17ClN2O3S. The van der Waals surface area contributed by atoms with Crippen molar-refractivity contribution in [3.8, 4) is 0 Å². The Labute approximate surface area is 126 Å². The Morgan fingerprint density at radius 2 is 2.30 bits per heavy atom. The molecule has 1 atom stereocenters. The maximum atomic E-state index is 12.1. The van der Waals surface area contributed by atoms with Crippen LogP contribution >= 0.6 is 22.9 Å². The molecule has 1 amide bonds. The van der Waals surface area contributed by atoms with Crippen molar-refractivity contribution < 1.29 is 14.3 Å². The fraction of sp³-hybridized carbons (Fsp3) is 0.615. The van der Waals surface area contributed by atoms with Crippen molar-refractivity contribution in [2.45, 2.75) is 44.7 Å². The largest absolute Gasteiger partial charge is 0.461 e. The topological polar surface area (TPSA) is 59.5 Å². The number of hydrogen-bond acceptors (Lipinski definition) is 5. The Balaban J connectivity index is 2.04. The van der Waals surface area contributed by atoms with Crippen molar-refractivity contribution in [1.82, 2.24) is 9.88 Å². The molecule has 0 saturated heterocycles. The van der Waals surface area contributed by atoms with Crippen LogP contribution in [0, 0.1) is 0 Å². The summed E-state index contributed by atoms with van der Waals surface area (Å²) in [5.41, 5.74) is 0.300. The summed E-state index contributed by atoms with van der Waals surface area (Å²) in [6.45, 7) is 4.15. The van der Waals surface area contributed by atoms with E-state index in [1.165, 1.54) is 11.3 Å². The molecule has 110 valence electrons. The van der Waals surface area contributed by atoms with Crippen LogP contribution < -0.4 is 0 Å². The summed E-state index contributed by atoms with van der Waals surface area (Å²) in [5.74, 6) is -0.507. The number of alkyl halides is 1. The van der Waals surface area contributed by atoms with Crippen LogP contribution in [-0.2, 0) is 16.1 Å². The zero-order valence-electron chi connectivity index (χ0n) is 11.5. The van der Waals surface area contributed by atoms with Gasteiger partial charge in [-0.15, -0.1) is 22.9 Å². The predicted octanol–water partition coefficient (Wildman–Crippen LogP) is 2.44. The molecule has 1 aliphatic rings. The smallest absolute Gasteiger partial charge is 0.357 e. The number of carbonyl (C=O) groups is 2. The highest BCUT2D eigenvalue weighted by Gasteiger charge is 2.34. The summed E-state index contributed by atoms with van der Waals surface area (Å²) in [4.78, 5) is 29.6. The van der Waals surface area contributed by atoms with E-state index >= 15 is 0 Å². The Morgan fingerprint density at radius 3 is 2.85 bits per heavy atom. The number of esters is 1. The quantitative estimate of drug-likeness (QED) is 0.597. The standard InChI is InChI=1S/C13H17ClN2O3S/c1-3-19-13(18)10-7-20-11(15-10)6-16(9-4-5-9)12(17)8(2)14/h7-9H,3-6H2,1-2H3. The molecule has 2 rings (SSSR count). The van der Waals surface area contributed by atoms with Crippen LogP contribution in [0.4, 0.5) is 0 Å². The molecule has 1 saturated carbocycles. The highest BCUT2D eigenvalue weighted by molar-refractivity contribution is 7.09. The van der Waals surface area contributed by atoms with E-state index in [0.717, 1.165) is 17.8 Å². The van der Waals surface area contributed by atoms with E-state index in [-0.39, 0.29) is 11.9 Å². The number of nitrogens with zero attached hydrogens (tertiary/aromatic N) is 2. The average molecular weight is 317 g/mol. The lowest BCUT2D eigenvalue weighted by Crippen LogP contribution is -2.37. The van der Waals surface area contributed by atoms with Gasteiger partial charge in [-0.3, -0.25) is 4.79 Å². The van der Waals surface area contributed by atoms with E-state index in [1.807, 2.05) is 0 Å². The summed E-state index contributed by atoms with van der Waals surface area (Å²) < 4.78 is 4.90. The summed E-state index contributed by atoms with van der Waals surface area (Å²) >= 11 is 7.23. The van der Waals surface area contributed by atoms with Crippen LogP contribution in [0.15, 0.2) is 5.38 Å². The molecule has 1 aromatic heterocycles. The minimum absolute atomic E-state index is 0.0814. The predicted molar refractivity (Wildman–Crippen MR) is 77.0 cm³/mol. The Kier molecular flexibility index (Phi) is 4.99. The molecule has 1 heterocycles. The fourth-order valence-electron chi connectivity index (χ4n) is 1.83. The van der Waals surface area contributed by atoms with E-state index in [1.54, 1.807) is 24.1 Å². The second-order valence-corrected chi connectivity index (χ2v) is 6.26. The van der Waals surface area contributed by atoms with Gasteiger partial charge in [-0.1, -0.05) is 0 Å². The molecule has 1 fully saturated rings. The van der Waals surface area contributed by atoms with Crippen molar-refractivity contribution in [3.05, 3.63) is 16.1 Å². The Morgan fingerprint density at radius 1 is 1.60 bits per heavy atom. The van der Waals surface area contributed by atoms with E-state index in [9.17, 15) is 9.59 Å². The van der Waals surface area contributed by atoms with Gasteiger partial charge in [-0.2, -0.15) is 0 Å². The summed E-state index contributed by atoms with van der Waals surface area (Å²) in [6, 6.07) is 0.263. The zero-order chi connectivity index (χ0) is 14.7. The van der Waals surface area contributed by atoms with Gasteiger partial charge < -0.3 is 9.64 Å². The lowest BCUT2D eigenvalue weighted by Gasteiger charge is -2.22. The lowest BCUT2D eigenvalue weighted by molar-refractivity contribution is -0.131. The highest BCUT2D eigenvalue weighted by Crippen LogP contribution is 2.30. The van der Waals surface area contributed by atoms with Gasteiger partial charge in [0.2, 0.25) is 5.91 Å². The third-order valence-corrected chi connectivity index (χ3v) is 3.97. The maximum absolute atomic E-state index is 12.1. The number of ether oxygens (including phenoxy) is 1. The van der Waals surface area contributed by atoms with Gasteiger partial charge in [0.15, 0.2) is 5.69 Å². The van der Waals surface area contributed by atoms with Gasteiger partial charge in [0, 0.05) is 11.4 Å². The number of carbonyl (C=O) groups excluding carboxylic acids is 2. The second-order valence-electron chi connectivity index (χ2n) is 4.66. The lowest BCUT2D eigenvalue weighted by atomic mass is 10.3. The molecular weight excluding hydrogens is 300 g/mol. The molecule has 0 spiro atoms. The molecule has 5 nitrogen and oxygen atoms in total. The van der Waals surface area contributed by atoms with Gasteiger partial charge in [0.25, 0.3) is 0 Å². The van der Waals surface area contributed by atoms with E-state index in [2.05, 4.69) is 4.98 Å². The van der Waals surface area contributed by atoms with Crippen molar-refractivity contribution in [1.29, 1.82) is 0 Å². The van der Waals surface area contributed by atoms with Gasteiger partial charge >= 0.3 is 5.97 Å². The van der Waals surface area contributed by atoms with Crippen molar-refractivity contribution in [2.24, 2.45) is 0 Å². The average Bonchev–Trinajstić information content (AvgIpc) is 3.14. The molecule has 1 aromatic rings. The number of amides is 1. The van der Waals surface area contributed by atoms with Gasteiger partial charge in [-0.05, 0) is 26.7 Å².